The maximum Gasteiger partial charge on any atom is 0.387 e. The number of carbonyl (C=O) groups is 2. The Morgan fingerprint density at radius 1 is 1.07 bits per heavy atom. The third kappa shape index (κ3) is 5.99. The molecule has 0 saturated carbocycles. The fraction of sp³-hybridized carbons (Fsp3) is 0.333. The number of β-amino-alcohol motifs (C(OH)–C–C–N with tert-alkyl or cyclic N) is 1. The number of hydrogen-bond acceptors (Lipinski definition) is 8. The number of piperazine rings is 1. The molecule has 2 amide bonds. The number of aromatic nitrogens is 3. The molecule has 2 saturated heterocycles. The van der Waals surface area contributed by atoms with E-state index >= 15 is 0 Å². The zero-order chi connectivity index (χ0) is 30.1. The number of imidazole rings is 1. The van der Waals surface area contributed by atoms with Crippen LogP contribution in [0.5, 0.6) is 5.75 Å². The lowest BCUT2D eigenvalue weighted by Crippen LogP contribution is -2.54. The Morgan fingerprint density at radius 3 is 2.49 bits per heavy atom. The summed E-state index contributed by atoms with van der Waals surface area (Å²) in [6.07, 6.45) is 4.99. The number of nitrogens with zero attached hydrogens (tertiary/aromatic N) is 5. The van der Waals surface area contributed by atoms with E-state index in [0.717, 1.165) is 22.5 Å². The second-order valence-electron chi connectivity index (χ2n) is 10.6. The second kappa shape index (κ2) is 11.9. The van der Waals surface area contributed by atoms with Gasteiger partial charge >= 0.3 is 6.61 Å². The Labute approximate surface area is 246 Å². The first-order valence-corrected chi connectivity index (χ1v) is 14.0. The van der Waals surface area contributed by atoms with Crippen LogP contribution in [0.2, 0.25) is 0 Å². The Morgan fingerprint density at radius 2 is 1.81 bits per heavy atom. The summed E-state index contributed by atoms with van der Waals surface area (Å²) in [7, 11) is 0. The van der Waals surface area contributed by atoms with Crippen molar-refractivity contribution in [2.24, 2.45) is 0 Å². The second-order valence-corrected chi connectivity index (χ2v) is 10.6. The van der Waals surface area contributed by atoms with E-state index in [-0.39, 0.29) is 23.6 Å². The minimum Gasteiger partial charge on any atom is -0.435 e. The molecule has 2 aliphatic heterocycles. The summed E-state index contributed by atoms with van der Waals surface area (Å²) in [5.74, 6) is 0.467. The predicted molar refractivity (Wildman–Crippen MR) is 154 cm³/mol. The van der Waals surface area contributed by atoms with Gasteiger partial charge in [-0.25, -0.2) is 9.97 Å². The number of benzene rings is 2. The number of hydrogen-bond donors (Lipinski definition) is 3. The molecule has 6 rings (SSSR count). The largest absolute Gasteiger partial charge is 0.435 e. The van der Waals surface area contributed by atoms with Gasteiger partial charge in [-0.1, -0.05) is 0 Å². The van der Waals surface area contributed by atoms with Crippen molar-refractivity contribution >= 4 is 29.0 Å². The van der Waals surface area contributed by atoms with Crippen LogP contribution < -0.4 is 15.4 Å². The summed E-state index contributed by atoms with van der Waals surface area (Å²) in [6.45, 7) is 1.19. The molecule has 4 heterocycles. The van der Waals surface area contributed by atoms with Crippen molar-refractivity contribution in [3.8, 4) is 17.0 Å². The van der Waals surface area contributed by atoms with Crippen molar-refractivity contribution in [2.45, 2.75) is 32.1 Å². The highest BCUT2D eigenvalue weighted by Crippen LogP contribution is 2.28. The van der Waals surface area contributed by atoms with E-state index in [0.29, 0.717) is 56.2 Å². The predicted octanol–water partition coefficient (Wildman–Crippen LogP) is 3.06. The van der Waals surface area contributed by atoms with Crippen LogP contribution in [0.1, 0.15) is 22.3 Å². The van der Waals surface area contributed by atoms with Gasteiger partial charge in [0.05, 0.1) is 24.0 Å². The van der Waals surface area contributed by atoms with E-state index in [1.54, 1.807) is 46.6 Å². The van der Waals surface area contributed by atoms with E-state index < -0.39 is 12.7 Å². The lowest BCUT2D eigenvalue weighted by atomic mass is 10.1. The summed E-state index contributed by atoms with van der Waals surface area (Å²) in [5, 5.41) is 16.1. The van der Waals surface area contributed by atoms with Gasteiger partial charge < -0.3 is 30.3 Å². The highest BCUT2D eigenvalue weighted by atomic mass is 19.3. The van der Waals surface area contributed by atoms with E-state index in [1.165, 1.54) is 12.1 Å². The van der Waals surface area contributed by atoms with Crippen LogP contribution in [0.25, 0.3) is 16.9 Å². The van der Waals surface area contributed by atoms with E-state index in [2.05, 4.69) is 25.3 Å². The van der Waals surface area contributed by atoms with E-state index in [4.69, 9.17) is 0 Å². The lowest BCUT2D eigenvalue weighted by molar-refractivity contribution is -0.134. The third-order valence-electron chi connectivity index (χ3n) is 7.81. The first-order valence-electron chi connectivity index (χ1n) is 14.0. The topological polar surface area (TPSA) is 124 Å². The molecule has 2 aromatic carbocycles. The zero-order valence-electron chi connectivity index (χ0n) is 23.4. The SMILES string of the molecule is Cc1cc(Nc2nccn3c(-c4ccc(OC(F)F)cc4)cnc23)ccc1C(=O)N1CCN(C(=O)[C@@H]2C[C@@H](O)CN2)CC1. The summed E-state index contributed by atoms with van der Waals surface area (Å²) < 4.78 is 31.3. The number of aryl methyl sites for hydroxylation is 1. The van der Waals surface area contributed by atoms with E-state index in [9.17, 15) is 23.5 Å². The Balaban J connectivity index is 1.12. The van der Waals surface area contributed by atoms with Gasteiger partial charge in [0.1, 0.15) is 5.75 Å². The molecule has 43 heavy (non-hydrogen) atoms. The zero-order valence-corrected chi connectivity index (χ0v) is 23.4. The van der Waals surface area contributed by atoms with Gasteiger partial charge in [0.15, 0.2) is 11.5 Å². The molecule has 3 N–H and O–H groups in total. The number of nitrogens with one attached hydrogen (secondary N) is 2. The summed E-state index contributed by atoms with van der Waals surface area (Å²) in [6, 6.07) is 11.4. The number of aliphatic hydroxyl groups is 1. The molecule has 0 unspecified atom stereocenters. The fourth-order valence-electron chi connectivity index (χ4n) is 5.57. The van der Waals surface area contributed by atoms with Crippen LogP contribution in [-0.2, 0) is 4.79 Å². The molecule has 2 aromatic heterocycles. The van der Waals surface area contributed by atoms with Crippen molar-refractivity contribution in [1.82, 2.24) is 29.5 Å². The normalized spacial score (nSPS) is 18.8. The molecule has 0 spiro atoms. The molecule has 4 aromatic rings. The Kier molecular flexibility index (Phi) is 7.91. The monoisotopic (exact) mass is 591 g/mol. The first-order chi connectivity index (χ1) is 20.8. The number of amides is 2. The van der Waals surface area contributed by atoms with Crippen LogP contribution in [0.4, 0.5) is 20.3 Å². The number of ether oxygens (including phenoxy) is 1. The quantitative estimate of drug-likeness (QED) is 0.300. The minimum absolute atomic E-state index is 0.0270. The Hall–Kier alpha value is -4.62. The van der Waals surface area contributed by atoms with Gasteiger partial charge in [-0.3, -0.25) is 14.0 Å². The molecule has 2 aliphatic rings. The van der Waals surface area contributed by atoms with Gasteiger partial charge in [-0.2, -0.15) is 8.78 Å². The molecule has 2 atom stereocenters. The van der Waals surface area contributed by atoms with E-state index in [1.807, 2.05) is 23.5 Å². The molecule has 0 radical (unpaired) electrons. The number of fused-ring (bicyclic) bond motifs is 1. The first kappa shape index (κ1) is 28.5. The average molecular weight is 592 g/mol. The lowest BCUT2D eigenvalue weighted by Gasteiger charge is -2.36. The van der Waals surface area contributed by atoms with Crippen LogP contribution in [-0.4, -0.2) is 92.6 Å². The van der Waals surface area contributed by atoms with Crippen molar-refractivity contribution in [3.05, 3.63) is 72.2 Å². The molecule has 2 fully saturated rings. The van der Waals surface area contributed by atoms with Crippen molar-refractivity contribution in [3.63, 3.8) is 0 Å². The van der Waals surface area contributed by atoms with Crippen LogP contribution >= 0.6 is 0 Å². The number of rotatable bonds is 7. The number of alkyl halides is 2. The summed E-state index contributed by atoms with van der Waals surface area (Å²) >= 11 is 0. The smallest absolute Gasteiger partial charge is 0.387 e. The molecule has 224 valence electrons. The maximum absolute atomic E-state index is 13.3. The average Bonchev–Trinajstić information content (AvgIpc) is 3.64. The molecular formula is C30H31F2N7O4. The summed E-state index contributed by atoms with van der Waals surface area (Å²) in [4.78, 5) is 38.6. The minimum atomic E-state index is -2.89. The number of anilines is 2. The van der Waals surface area contributed by atoms with Crippen LogP contribution in [0.15, 0.2) is 61.1 Å². The van der Waals surface area contributed by atoms with Gasteiger partial charge in [0, 0.05) is 61.9 Å². The van der Waals surface area contributed by atoms with Gasteiger partial charge in [0.25, 0.3) is 5.91 Å². The van der Waals surface area contributed by atoms with Crippen LogP contribution in [0.3, 0.4) is 0 Å². The van der Waals surface area contributed by atoms with Crippen LogP contribution in [0, 0.1) is 6.92 Å². The highest BCUT2D eigenvalue weighted by Gasteiger charge is 2.33. The molecule has 0 bridgehead atoms. The molecular weight excluding hydrogens is 560 g/mol. The van der Waals surface area contributed by atoms with Crippen molar-refractivity contribution < 1.29 is 28.2 Å². The fourth-order valence-corrected chi connectivity index (χ4v) is 5.57. The van der Waals surface area contributed by atoms with Gasteiger partial charge in [0.2, 0.25) is 5.91 Å². The number of aliphatic hydroxyl groups excluding tert-OH is 1. The summed E-state index contributed by atoms with van der Waals surface area (Å²) in [5.41, 5.74) is 4.19. The molecule has 0 aliphatic carbocycles. The van der Waals surface area contributed by atoms with Gasteiger partial charge in [-0.05, 0) is 61.4 Å². The van der Waals surface area contributed by atoms with Crippen molar-refractivity contribution in [1.29, 1.82) is 0 Å². The number of halogens is 2. The Bertz CT molecular complexity index is 1640. The molecule has 13 heteroatoms. The maximum atomic E-state index is 13.3. The van der Waals surface area contributed by atoms with Crippen molar-refractivity contribution in [2.75, 3.05) is 38.0 Å². The third-order valence-corrected chi connectivity index (χ3v) is 7.81. The highest BCUT2D eigenvalue weighted by molar-refractivity contribution is 5.96. The van der Waals surface area contributed by atoms with Gasteiger partial charge in [-0.15, -0.1) is 0 Å². The molecule has 11 nitrogen and oxygen atoms in total. The number of carbonyl (C=O) groups excluding carboxylic acids is 2. The standard InChI is InChI=1S/C30H31F2N7O4/c1-18-14-20(4-7-23(18)28(41)37-10-12-38(13-11-37)29(42)24-15-21(40)16-34-24)36-26-27-35-17-25(39(27)9-8-33-26)19-2-5-22(6-3-19)43-30(31)32/h2-9,14,17,21,24,30,34,40H,10-13,15-16H2,1H3,(H,33,36)/t21-,24+/m1/s1.